The lowest BCUT2D eigenvalue weighted by atomic mass is 10.2. The second-order valence-electron chi connectivity index (χ2n) is 4.12. The third-order valence-electron chi connectivity index (χ3n) is 2.60. The van der Waals surface area contributed by atoms with Gasteiger partial charge >= 0.3 is 0 Å². The molecule has 0 atom stereocenters. The highest BCUT2D eigenvalue weighted by Crippen LogP contribution is 2.19. The molecule has 0 spiro atoms. The van der Waals surface area contributed by atoms with Gasteiger partial charge in [0.1, 0.15) is 6.07 Å². The maximum Gasteiger partial charge on any atom is 0.225 e. The average Bonchev–Trinajstić information content (AvgIpc) is 2.50. The Morgan fingerprint density at radius 3 is 2.86 bits per heavy atom. The second-order valence-corrected chi connectivity index (χ2v) is 6.15. The van der Waals surface area contributed by atoms with Gasteiger partial charge in [0.15, 0.2) is 0 Å². The predicted molar refractivity (Wildman–Crippen MR) is 87.1 cm³/mol. The van der Waals surface area contributed by atoms with Crippen LogP contribution in [0.4, 0.5) is 5.69 Å². The van der Waals surface area contributed by atoms with E-state index < -0.39 is 0 Å². The van der Waals surface area contributed by atoms with Gasteiger partial charge < -0.3 is 5.32 Å². The highest BCUT2D eigenvalue weighted by atomic mass is 79.9. The molecular weight excluding hydrogens is 350 g/mol. The van der Waals surface area contributed by atoms with E-state index in [1.165, 1.54) is 11.8 Å². The van der Waals surface area contributed by atoms with Crippen LogP contribution >= 0.6 is 27.7 Å². The first-order valence-electron chi connectivity index (χ1n) is 6.22. The zero-order valence-electron chi connectivity index (χ0n) is 11.0. The number of hydrogen-bond donors (Lipinski definition) is 1. The van der Waals surface area contributed by atoms with Crippen molar-refractivity contribution in [2.75, 3.05) is 11.1 Å². The molecule has 0 aliphatic rings. The number of pyridine rings is 1. The lowest BCUT2D eigenvalue weighted by Crippen LogP contribution is -2.13. The van der Waals surface area contributed by atoms with Crippen LogP contribution in [0.1, 0.15) is 12.0 Å². The quantitative estimate of drug-likeness (QED) is 0.821. The fourth-order valence-corrected chi connectivity index (χ4v) is 2.62. The molecular formula is C15H12BrN3OS. The maximum atomic E-state index is 11.9. The van der Waals surface area contributed by atoms with E-state index in [2.05, 4.69) is 32.3 Å². The van der Waals surface area contributed by atoms with Crippen LogP contribution in [0, 0.1) is 11.3 Å². The molecule has 1 N–H and O–H groups in total. The first-order valence-corrected chi connectivity index (χ1v) is 8.00. The lowest BCUT2D eigenvalue weighted by Gasteiger charge is -2.06. The number of nitrogens with one attached hydrogen (secondary N) is 1. The summed E-state index contributed by atoms with van der Waals surface area (Å²) in [6, 6.07) is 12.8. The van der Waals surface area contributed by atoms with Crippen LogP contribution in [0.3, 0.4) is 0 Å². The molecule has 0 saturated carbocycles. The van der Waals surface area contributed by atoms with Crippen molar-refractivity contribution in [1.29, 1.82) is 5.26 Å². The molecule has 6 heteroatoms. The first kappa shape index (κ1) is 15.5. The number of para-hydroxylation sites is 1. The van der Waals surface area contributed by atoms with Crippen LogP contribution in [-0.4, -0.2) is 16.6 Å². The van der Waals surface area contributed by atoms with E-state index in [1.807, 2.05) is 12.1 Å². The molecule has 0 fully saturated rings. The van der Waals surface area contributed by atoms with Crippen molar-refractivity contribution < 1.29 is 4.79 Å². The van der Waals surface area contributed by atoms with Gasteiger partial charge in [0.05, 0.1) is 16.3 Å². The van der Waals surface area contributed by atoms with Crippen molar-refractivity contribution in [3.63, 3.8) is 0 Å². The van der Waals surface area contributed by atoms with Crippen molar-refractivity contribution in [3.05, 3.63) is 52.6 Å². The summed E-state index contributed by atoms with van der Waals surface area (Å²) >= 11 is 4.85. The standard InChI is InChI=1S/C15H12BrN3OS/c16-12-5-6-15(18-10-12)21-8-7-14(20)19-13-4-2-1-3-11(13)9-17/h1-6,10H,7-8H2,(H,19,20). The maximum absolute atomic E-state index is 11.9. The number of anilines is 1. The van der Waals surface area contributed by atoms with Gasteiger partial charge in [-0.05, 0) is 40.2 Å². The summed E-state index contributed by atoms with van der Waals surface area (Å²) in [6.07, 6.45) is 2.09. The molecule has 2 aromatic rings. The van der Waals surface area contributed by atoms with Crippen molar-refractivity contribution in [3.8, 4) is 6.07 Å². The molecule has 0 radical (unpaired) electrons. The molecule has 1 aromatic heterocycles. The molecule has 0 aliphatic heterocycles. The SMILES string of the molecule is N#Cc1ccccc1NC(=O)CCSc1ccc(Br)cn1. The van der Waals surface area contributed by atoms with Gasteiger partial charge in [-0.3, -0.25) is 4.79 Å². The molecule has 0 saturated heterocycles. The number of nitriles is 1. The Morgan fingerprint density at radius 1 is 1.33 bits per heavy atom. The number of thioether (sulfide) groups is 1. The molecule has 4 nitrogen and oxygen atoms in total. The molecule has 1 amide bonds. The minimum absolute atomic E-state index is 0.109. The fraction of sp³-hybridized carbons (Fsp3) is 0.133. The fourth-order valence-electron chi connectivity index (χ4n) is 1.60. The highest BCUT2D eigenvalue weighted by Gasteiger charge is 2.06. The molecule has 2 rings (SSSR count). The summed E-state index contributed by atoms with van der Waals surface area (Å²) in [6.45, 7) is 0. The molecule has 0 bridgehead atoms. The van der Waals surface area contributed by atoms with Crippen LogP contribution in [-0.2, 0) is 4.79 Å². The van der Waals surface area contributed by atoms with Gasteiger partial charge in [0, 0.05) is 22.8 Å². The topological polar surface area (TPSA) is 65.8 Å². The van der Waals surface area contributed by atoms with Crippen molar-refractivity contribution in [2.45, 2.75) is 11.4 Å². The number of carbonyl (C=O) groups excluding carboxylic acids is 1. The van der Waals surface area contributed by atoms with Crippen LogP contribution in [0.25, 0.3) is 0 Å². The summed E-state index contributed by atoms with van der Waals surface area (Å²) in [5.41, 5.74) is 1.02. The lowest BCUT2D eigenvalue weighted by molar-refractivity contribution is -0.115. The smallest absolute Gasteiger partial charge is 0.225 e. The van der Waals surface area contributed by atoms with Gasteiger partial charge in [-0.15, -0.1) is 11.8 Å². The predicted octanol–water partition coefficient (Wildman–Crippen LogP) is 3.84. The zero-order valence-corrected chi connectivity index (χ0v) is 13.4. The number of carbonyl (C=O) groups is 1. The van der Waals surface area contributed by atoms with Gasteiger partial charge in [0.2, 0.25) is 5.91 Å². The van der Waals surface area contributed by atoms with Crippen molar-refractivity contribution >= 4 is 39.3 Å². The number of rotatable bonds is 5. The van der Waals surface area contributed by atoms with Gasteiger partial charge in [-0.25, -0.2) is 4.98 Å². The Hall–Kier alpha value is -1.84. The number of amides is 1. The Kier molecular flexibility index (Phi) is 5.78. The Balaban J connectivity index is 1.82. The van der Waals surface area contributed by atoms with Gasteiger partial charge in [-0.2, -0.15) is 5.26 Å². The van der Waals surface area contributed by atoms with E-state index in [0.717, 1.165) is 9.50 Å². The average molecular weight is 362 g/mol. The third kappa shape index (κ3) is 4.88. The summed E-state index contributed by atoms with van der Waals surface area (Å²) in [7, 11) is 0. The minimum atomic E-state index is -0.109. The summed E-state index contributed by atoms with van der Waals surface area (Å²) < 4.78 is 0.928. The van der Waals surface area contributed by atoms with Crippen molar-refractivity contribution in [2.24, 2.45) is 0 Å². The van der Waals surface area contributed by atoms with Crippen molar-refractivity contribution in [1.82, 2.24) is 4.98 Å². The first-order chi connectivity index (χ1) is 10.2. The molecule has 21 heavy (non-hydrogen) atoms. The van der Waals surface area contributed by atoms with E-state index in [-0.39, 0.29) is 5.91 Å². The summed E-state index contributed by atoms with van der Waals surface area (Å²) in [5.74, 6) is 0.525. The normalized spacial score (nSPS) is 9.90. The number of aromatic nitrogens is 1. The zero-order chi connectivity index (χ0) is 15.1. The number of halogens is 1. The number of benzene rings is 1. The van der Waals surface area contributed by atoms with Crippen LogP contribution in [0.2, 0.25) is 0 Å². The van der Waals surface area contributed by atoms with Gasteiger partial charge in [-0.1, -0.05) is 12.1 Å². The molecule has 1 aromatic carbocycles. The Labute approximate surface area is 135 Å². The number of nitrogens with zero attached hydrogens (tertiary/aromatic N) is 2. The van der Waals surface area contributed by atoms with E-state index in [0.29, 0.717) is 23.4 Å². The second kappa shape index (κ2) is 7.81. The summed E-state index contributed by atoms with van der Waals surface area (Å²) in [4.78, 5) is 16.1. The monoisotopic (exact) mass is 361 g/mol. The van der Waals surface area contributed by atoms with Crippen LogP contribution in [0.15, 0.2) is 52.1 Å². The minimum Gasteiger partial charge on any atom is -0.325 e. The van der Waals surface area contributed by atoms with Crippen LogP contribution < -0.4 is 5.32 Å². The van der Waals surface area contributed by atoms with E-state index in [1.54, 1.807) is 30.5 Å². The third-order valence-corrected chi connectivity index (χ3v) is 4.02. The largest absolute Gasteiger partial charge is 0.325 e. The molecule has 0 unspecified atom stereocenters. The Bertz CT molecular complexity index is 667. The Morgan fingerprint density at radius 2 is 2.14 bits per heavy atom. The number of hydrogen-bond acceptors (Lipinski definition) is 4. The van der Waals surface area contributed by atoms with E-state index >= 15 is 0 Å². The van der Waals surface area contributed by atoms with E-state index in [4.69, 9.17) is 5.26 Å². The summed E-state index contributed by atoms with van der Waals surface area (Å²) in [5, 5.41) is 12.6. The molecule has 0 aliphatic carbocycles. The molecule has 106 valence electrons. The molecule has 1 heterocycles. The van der Waals surface area contributed by atoms with Crippen LogP contribution in [0.5, 0.6) is 0 Å². The highest BCUT2D eigenvalue weighted by molar-refractivity contribution is 9.10. The van der Waals surface area contributed by atoms with Gasteiger partial charge in [0.25, 0.3) is 0 Å². The van der Waals surface area contributed by atoms with E-state index in [9.17, 15) is 4.79 Å².